The Kier molecular flexibility index (Phi) is 6.05. The van der Waals surface area contributed by atoms with Crippen LogP contribution in [0.25, 0.3) is 11.1 Å². The van der Waals surface area contributed by atoms with Gasteiger partial charge in [-0.2, -0.15) is 4.98 Å². The quantitative estimate of drug-likeness (QED) is 0.350. The average molecular weight is 501 g/mol. The number of fused-ring (bicyclic) bond motifs is 1. The molecule has 1 amide bonds. The molecule has 11 nitrogen and oxygen atoms in total. The van der Waals surface area contributed by atoms with Crippen LogP contribution in [-0.4, -0.2) is 68.4 Å². The topological polar surface area (TPSA) is 132 Å². The molecule has 1 aliphatic heterocycles. The highest BCUT2D eigenvalue weighted by Gasteiger charge is 2.28. The van der Waals surface area contributed by atoms with E-state index in [1.807, 2.05) is 17.9 Å². The van der Waals surface area contributed by atoms with Gasteiger partial charge in [0.25, 0.3) is 5.91 Å². The van der Waals surface area contributed by atoms with Crippen LogP contribution in [0, 0.1) is 12.8 Å². The smallest absolute Gasteiger partial charge is 0.408 e. The Morgan fingerprint density at radius 1 is 1.05 bits per heavy atom. The summed E-state index contributed by atoms with van der Waals surface area (Å²) in [6, 6.07) is 8.84. The third-order valence-electron chi connectivity index (χ3n) is 6.76. The van der Waals surface area contributed by atoms with Gasteiger partial charge in [-0.25, -0.2) is 14.8 Å². The van der Waals surface area contributed by atoms with Crippen molar-refractivity contribution in [3.05, 3.63) is 64.5 Å². The first-order chi connectivity index (χ1) is 18.0. The number of hydrogen-bond acceptors (Lipinski definition) is 9. The lowest BCUT2D eigenvalue weighted by atomic mass is 10.2. The number of benzene rings is 1. The molecule has 1 aromatic carbocycles. The second-order valence-corrected chi connectivity index (χ2v) is 9.67. The van der Waals surface area contributed by atoms with Crippen molar-refractivity contribution >= 4 is 40.1 Å². The maximum absolute atomic E-state index is 12.9. The van der Waals surface area contributed by atoms with Gasteiger partial charge < -0.3 is 20.0 Å². The van der Waals surface area contributed by atoms with Crippen molar-refractivity contribution in [3.8, 4) is 0 Å². The molecule has 0 atom stereocenters. The first-order valence-electron chi connectivity index (χ1n) is 12.5. The number of aromatic nitrogens is 4. The number of oxazole rings is 1. The normalized spacial score (nSPS) is 16.2. The van der Waals surface area contributed by atoms with Crippen LogP contribution in [0.15, 0.2) is 51.9 Å². The zero-order chi connectivity index (χ0) is 25.4. The van der Waals surface area contributed by atoms with Crippen LogP contribution in [0.4, 0.5) is 23.1 Å². The molecule has 0 radical (unpaired) electrons. The lowest BCUT2D eigenvalue weighted by molar-refractivity contribution is 0.0626. The summed E-state index contributed by atoms with van der Waals surface area (Å²) in [7, 11) is 0. The zero-order valence-corrected chi connectivity index (χ0v) is 20.5. The largest absolute Gasteiger partial charge is 0.417 e. The fourth-order valence-electron chi connectivity index (χ4n) is 4.48. The van der Waals surface area contributed by atoms with E-state index in [0.29, 0.717) is 34.2 Å². The Morgan fingerprint density at radius 2 is 1.86 bits per heavy atom. The van der Waals surface area contributed by atoms with Gasteiger partial charge in [-0.3, -0.25) is 14.7 Å². The number of aromatic amines is 1. The third kappa shape index (κ3) is 5.31. The van der Waals surface area contributed by atoms with Crippen molar-refractivity contribution in [2.24, 2.45) is 5.92 Å². The number of nitrogens with one attached hydrogen (secondary N) is 3. The Balaban J connectivity index is 1.09. The molecular formula is C26H28N8O3. The number of rotatable bonds is 7. The zero-order valence-electron chi connectivity index (χ0n) is 20.5. The number of piperazine rings is 1. The van der Waals surface area contributed by atoms with E-state index in [2.05, 4.69) is 35.5 Å². The summed E-state index contributed by atoms with van der Waals surface area (Å²) >= 11 is 0. The number of pyridine rings is 1. The molecule has 11 heteroatoms. The van der Waals surface area contributed by atoms with Crippen LogP contribution in [0.1, 0.15) is 28.9 Å². The monoisotopic (exact) mass is 500 g/mol. The second kappa shape index (κ2) is 9.66. The van der Waals surface area contributed by atoms with E-state index in [9.17, 15) is 9.59 Å². The van der Waals surface area contributed by atoms with Crippen LogP contribution in [0.3, 0.4) is 0 Å². The summed E-state index contributed by atoms with van der Waals surface area (Å²) in [5.41, 5.74) is 3.79. The molecule has 37 heavy (non-hydrogen) atoms. The van der Waals surface area contributed by atoms with E-state index in [0.717, 1.165) is 43.3 Å². The number of carbonyl (C=O) groups is 1. The SMILES string of the molecule is Cc1cnc(Nc2ccc(C(=O)N3CCN(CC4CC4)CC3)nc2)nc1Nc1ccc2oc(=O)[nH]c2c1. The number of H-pyrrole nitrogens is 1. The molecule has 0 bridgehead atoms. The number of nitrogens with zero attached hydrogens (tertiary/aromatic N) is 5. The highest BCUT2D eigenvalue weighted by atomic mass is 16.4. The van der Waals surface area contributed by atoms with Gasteiger partial charge >= 0.3 is 5.76 Å². The minimum absolute atomic E-state index is 0.0355. The minimum Gasteiger partial charge on any atom is -0.408 e. The molecule has 1 aliphatic carbocycles. The van der Waals surface area contributed by atoms with Gasteiger partial charge in [-0.15, -0.1) is 0 Å². The van der Waals surface area contributed by atoms with E-state index < -0.39 is 5.76 Å². The van der Waals surface area contributed by atoms with Gasteiger partial charge in [-0.05, 0) is 56.0 Å². The predicted octanol–water partition coefficient (Wildman–Crippen LogP) is 3.27. The van der Waals surface area contributed by atoms with Crippen molar-refractivity contribution in [2.75, 3.05) is 43.4 Å². The molecule has 2 aliphatic rings. The van der Waals surface area contributed by atoms with Crippen LogP contribution in [0.2, 0.25) is 0 Å². The maximum Gasteiger partial charge on any atom is 0.417 e. The molecule has 1 saturated carbocycles. The van der Waals surface area contributed by atoms with E-state index in [4.69, 9.17) is 4.42 Å². The third-order valence-corrected chi connectivity index (χ3v) is 6.76. The summed E-state index contributed by atoms with van der Waals surface area (Å²) in [6.07, 6.45) is 6.03. The summed E-state index contributed by atoms with van der Waals surface area (Å²) in [6.45, 7) is 6.40. The number of carbonyl (C=O) groups excluding carboxylic acids is 1. The van der Waals surface area contributed by atoms with Gasteiger partial charge in [-0.1, -0.05) is 0 Å². The number of amides is 1. The fourth-order valence-corrected chi connectivity index (χ4v) is 4.48. The van der Waals surface area contributed by atoms with Crippen LogP contribution >= 0.6 is 0 Å². The summed E-state index contributed by atoms with van der Waals surface area (Å²) in [5.74, 6) is 1.34. The van der Waals surface area contributed by atoms with E-state index >= 15 is 0 Å². The van der Waals surface area contributed by atoms with E-state index in [-0.39, 0.29) is 5.91 Å². The van der Waals surface area contributed by atoms with E-state index in [1.54, 1.807) is 36.7 Å². The van der Waals surface area contributed by atoms with Crippen LogP contribution in [-0.2, 0) is 0 Å². The van der Waals surface area contributed by atoms with Crippen molar-refractivity contribution in [1.29, 1.82) is 0 Å². The maximum atomic E-state index is 12.9. The van der Waals surface area contributed by atoms with Crippen LogP contribution < -0.4 is 16.4 Å². The molecule has 3 aromatic heterocycles. The predicted molar refractivity (Wildman–Crippen MR) is 139 cm³/mol. The molecule has 6 rings (SSSR count). The standard InChI is InChI=1S/C26H28N8O3/c1-16-13-28-25(32-23(16)29-18-5-7-22-21(12-18)31-26(36)37-22)30-19-4-6-20(27-14-19)24(35)34-10-8-33(9-11-34)15-17-2-3-17/h4-7,12-14,17H,2-3,8-11,15H2,1H3,(H,31,36)(H2,28,29,30,32). The lowest BCUT2D eigenvalue weighted by Crippen LogP contribution is -2.49. The molecule has 4 aromatic rings. The molecule has 3 N–H and O–H groups in total. The average Bonchev–Trinajstić information content (AvgIpc) is 3.64. The fraction of sp³-hybridized carbons (Fsp3) is 0.346. The Morgan fingerprint density at radius 3 is 2.62 bits per heavy atom. The number of anilines is 4. The minimum atomic E-state index is -0.496. The Labute approximate surface area is 212 Å². The van der Waals surface area contributed by atoms with Gasteiger partial charge in [0.15, 0.2) is 5.58 Å². The first kappa shape index (κ1) is 23.2. The molecule has 0 unspecified atom stereocenters. The molecule has 190 valence electrons. The second-order valence-electron chi connectivity index (χ2n) is 9.67. The first-order valence-corrected chi connectivity index (χ1v) is 12.5. The number of aryl methyl sites for hydroxylation is 1. The van der Waals surface area contributed by atoms with Crippen molar-refractivity contribution in [2.45, 2.75) is 19.8 Å². The molecule has 1 saturated heterocycles. The highest BCUT2D eigenvalue weighted by molar-refractivity contribution is 5.92. The van der Waals surface area contributed by atoms with Gasteiger partial charge in [0.2, 0.25) is 5.95 Å². The number of hydrogen-bond donors (Lipinski definition) is 3. The summed E-state index contributed by atoms with van der Waals surface area (Å²) in [4.78, 5) is 44.6. The molecule has 4 heterocycles. The van der Waals surface area contributed by atoms with Gasteiger partial charge in [0.1, 0.15) is 11.5 Å². The van der Waals surface area contributed by atoms with Crippen LogP contribution in [0.5, 0.6) is 0 Å². The van der Waals surface area contributed by atoms with Gasteiger partial charge in [0.05, 0.1) is 17.4 Å². The Bertz CT molecular complexity index is 1480. The summed E-state index contributed by atoms with van der Waals surface area (Å²) < 4.78 is 5.05. The van der Waals surface area contributed by atoms with E-state index in [1.165, 1.54) is 19.4 Å². The lowest BCUT2D eigenvalue weighted by Gasteiger charge is -2.34. The molecular weight excluding hydrogens is 472 g/mol. The highest BCUT2D eigenvalue weighted by Crippen LogP contribution is 2.30. The molecule has 0 spiro atoms. The Hall–Kier alpha value is -4.25. The summed E-state index contributed by atoms with van der Waals surface area (Å²) in [5, 5.41) is 6.40. The van der Waals surface area contributed by atoms with Crippen molar-refractivity contribution in [3.63, 3.8) is 0 Å². The van der Waals surface area contributed by atoms with Crippen molar-refractivity contribution < 1.29 is 9.21 Å². The molecule has 2 fully saturated rings. The van der Waals surface area contributed by atoms with Crippen molar-refractivity contribution in [1.82, 2.24) is 29.7 Å². The van der Waals surface area contributed by atoms with Gasteiger partial charge in [0, 0.05) is 50.2 Å².